The molecule has 1 amide bonds. The quantitative estimate of drug-likeness (QED) is 0.233. The van der Waals surface area contributed by atoms with Crippen LogP contribution < -0.4 is 5.32 Å². The number of carbonyl (C=O) groups is 3. The van der Waals surface area contributed by atoms with Gasteiger partial charge in [-0.1, -0.05) is 65.0 Å². The number of fused-ring (bicyclic) bond motifs is 7. The third-order valence-corrected chi connectivity index (χ3v) is 17.2. The number of nitrogens with one attached hydrogen (secondary N) is 1. The molecule has 0 bridgehead atoms. The summed E-state index contributed by atoms with van der Waals surface area (Å²) in [4.78, 5) is 38.1. The average molecular weight is 713 g/mol. The molecule has 6 aliphatic rings. The fourth-order valence-electron chi connectivity index (χ4n) is 14.4. The molecule has 1 aliphatic heterocycles. The second-order valence-electron chi connectivity index (χ2n) is 19.6. The van der Waals surface area contributed by atoms with Gasteiger partial charge in [-0.05, 0) is 157 Å². The van der Waals surface area contributed by atoms with Gasteiger partial charge in [-0.2, -0.15) is 0 Å². The van der Waals surface area contributed by atoms with Crippen LogP contribution >= 0.6 is 0 Å². The number of aliphatic carboxylic acids is 1. The zero-order valence-electron chi connectivity index (χ0n) is 32.7. The standard InChI is InChI=1S/C45H64N2O5/c1-28(2)32-14-21-45(27-46-26-37(48)47-24-17-31(18-25-47)40(51)52)23-22-43(6)34(38(32)45)12-13-36-42(5)19-15-33(29-8-10-30(11-9-29)39(49)50)41(3,4)35(42)16-20-44(36,43)7/h8-11,15,31-32,34-36,38,46H,1,12-14,16-27H2,2-7H3,(H,49,50)(H,51,52)/t32-,34+,35-,36+,38+,42-,43+,44+,45+/m0/s1. The lowest BCUT2D eigenvalue weighted by molar-refractivity contribution is -0.225. The Hall–Kier alpha value is -2.93. The molecule has 1 saturated heterocycles. The number of likely N-dealkylation sites (tertiary alicyclic amines) is 1. The molecule has 3 N–H and O–H groups in total. The van der Waals surface area contributed by atoms with Crippen LogP contribution in [-0.2, 0) is 9.59 Å². The Balaban J connectivity index is 1.11. The highest BCUT2D eigenvalue weighted by atomic mass is 16.4. The molecule has 0 spiro atoms. The summed E-state index contributed by atoms with van der Waals surface area (Å²) in [6, 6.07) is 7.54. The van der Waals surface area contributed by atoms with Crippen LogP contribution in [0.25, 0.3) is 5.57 Å². The summed E-state index contributed by atoms with van der Waals surface area (Å²) in [5.41, 5.74) is 5.06. The number of rotatable bonds is 8. The first kappa shape index (κ1) is 37.4. The molecule has 7 rings (SSSR count). The number of carboxylic acid groups (broad SMARTS) is 2. The molecule has 5 aliphatic carbocycles. The summed E-state index contributed by atoms with van der Waals surface area (Å²) in [6.45, 7) is 22.0. The molecule has 1 heterocycles. The first-order valence-electron chi connectivity index (χ1n) is 20.4. The van der Waals surface area contributed by atoms with Gasteiger partial charge < -0.3 is 20.4 Å². The van der Waals surface area contributed by atoms with E-state index in [-0.39, 0.29) is 38.9 Å². The van der Waals surface area contributed by atoms with Gasteiger partial charge in [0.2, 0.25) is 5.91 Å². The minimum atomic E-state index is -0.878. The maximum Gasteiger partial charge on any atom is 0.335 e. The van der Waals surface area contributed by atoms with E-state index in [9.17, 15) is 24.6 Å². The highest BCUT2D eigenvalue weighted by Crippen LogP contribution is 2.77. The summed E-state index contributed by atoms with van der Waals surface area (Å²) in [5.74, 6) is 1.09. The minimum absolute atomic E-state index is 0.00961. The Morgan fingerprint density at radius 3 is 2.17 bits per heavy atom. The molecule has 5 fully saturated rings. The zero-order chi connectivity index (χ0) is 37.4. The van der Waals surface area contributed by atoms with Crippen molar-refractivity contribution in [1.29, 1.82) is 0 Å². The van der Waals surface area contributed by atoms with Crippen LogP contribution in [0.2, 0.25) is 0 Å². The van der Waals surface area contributed by atoms with E-state index >= 15 is 0 Å². The summed E-state index contributed by atoms with van der Waals surface area (Å²) < 4.78 is 0. The number of hydrogen-bond acceptors (Lipinski definition) is 4. The molecule has 0 unspecified atom stereocenters. The van der Waals surface area contributed by atoms with E-state index in [4.69, 9.17) is 0 Å². The number of nitrogens with zero attached hydrogens (tertiary/aromatic N) is 1. The van der Waals surface area contributed by atoms with Crippen LogP contribution in [0, 0.1) is 62.6 Å². The van der Waals surface area contributed by atoms with Crippen LogP contribution in [0.4, 0.5) is 0 Å². The third kappa shape index (κ3) is 5.64. The molecule has 7 heteroatoms. The van der Waals surface area contributed by atoms with Gasteiger partial charge >= 0.3 is 11.9 Å². The highest BCUT2D eigenvalue weighted by molar-refractivity contribution is 5.88. The predicted molar refractivity (Wildman–Crippen MR) is 206 cm³/mol. The maximum atomic E-state index is 13.3. The van der Waals surface area contributed by atoms with Crippen molar-refractivity contribution in [2.75, 3.05) is 26.2 Å². The van der Waals surface area contributed by atoms with Crippen molar-refractivity contribution in [2.45, 2.75) is 112 Å². The highest BCUT2D eigenvalue weighted by Gasteiger charge is 2.70. The number of amides is 1. The van der Waals surface area contributed by atoms with Crippen molar-refractivity contribution in [3.63, 3.8) is 0 Å². The summed E-state index contributed by atoms with van der Waals surface area (Å²) in [7, 11) is 0. The second kappa shape index (κ2) is 13.1. The number of aromatic carboxylic acids is 1. The number of piperidine rings is 1. The van der Waals surface area contributed by atoms with Gasteiger partial charge in [-0.25, -0.2) is 4.79 Å². The third-order valence-electron chi connectivity index (χ3n) is 17.2. The Bertz CT molecular complexity index is 1640. The van der Waals surface area contributed by atoms with Crippen molar-refractivity contribution >= 4 is 23.4 Å². The molecule has 0 radical (unpaired) electrons. The lowest BCUT2D eigenvalue weighted by Crippen LogP contribution is -2.66. The fraction of sp³-hybridized carbons (Fsp3) is 0.711. The van der Waals surface area contributed by atoms with Crippen LogP contribution in [0.5, 0.6) is 0 Å². The summed E-state index contributed by atoms with van der Waals surface area (Å²) in [6.07, 6.45) is 14.5. The van der Waals surface area contributed by atoms with E-state index in [2.05, 4.69) is 59.5 Å². The number of benzene rings is 1. The van der Waals surface area contributed by atoms with Crippen LogP contribution in [0.15, 0.2) is 42.5 Å². The molecule has 4 saturated carbocycles. The van der Waals surface area contributed by atoms with E-state index in [1.54, 1.807) is 12.1 Å². The molecule has 284 valence electrons. The van der Waals surface area contributed by atoms with E-state index in [1.165, 1.54) is 62.5 Å². The SMILES string of the molecule is C=C(C)[C@@H]1CC[C@]2(CNCC(=O)N3CCC(C(=O)O)CC3)CC[C@]3(C)[C@H](CC[C@@H]4[C@@]5(C)CC=C(c6ccc(C(=O)O)cc6)C(C)(C)[C@@H]5CC[C@]43C)[C@@H]12. The van der Waals surface area contributed by atoms with Gasteiger partial charge in [0, 0.05) is 19.6 Å². The first-order chi connectivity index (χ1) is 24.5. The topological polar surface area (TPSA) is 107 Å². The predicted octanol–water partition coefficient (Wildman–Crippen LogP) is 8.95. The second-order valence-corrected chi connectivity index (χ2v) is 19.6. The largest absolute Gasteiger partial charge is 0.481 e. The fourth-order valence-corrected chi connectivity index (χ4v) is 14.4. The Morgan fingerprint density at radius 1 is 0.846 bits per heavy atom. The van der Waals surface area contributed by atoms with Crippen molar-refractivity contribution in [1.82, 2.24) is 10.2 Å². The zero-order valence-corrected chi connectivity index (χ0v) is 32.7. The first-order valence-corrected chi connectivity index (χ1v) is 20.4. The van der Waals surface area contributed by atoms with Crippen LogP contribution in [0.3, 0.4) is 0 Å². The van der Waals surface area contributed by atoms with Gasteiger partial charge in [0.25, 0.3) is 0 Å². The molecule has 7 nitrogen and oxygen atoms in total. The Kier molecular flexibility index (Phi) is 9.44. The van der Waals surface area contributed by atoms with Gasteiger partial charge in [-0.3, -0.25) is 9.59 Å². The normalized spacial score (nSPS) is 39.7. The molecule has 9 atom stereocenters. The van der Waals surface area contributed by atoms with Gasteiger partial charge in [0.1, 0.15) is 0 Å². The molecular formula is C45H64N2O5. The Morgan fingerprint density at radius 2 is 1.54 bits per heavy atom. The number of allylic oxidation sites excluding steroid dienone is 3. The van der Waals surface area contributed by atoms with Crippen LogP contribution in [0.1, 0.15) is 128 Å². The molecular weight excluding hydrogens is 649 g/mol. The molecule has 1 aromatic rings. The van der Waals surface area contributed by atoms with Crippen molar-refractivity contribution in [3.05, 3.63) is 53.6 Å². The number of carbonyl (C=O) groups excluding carboxylic acids is 1. The van der Waals surface area contributed by atoms with E-state index in [0.717, 1.165) is 18.5 Å². The van der Waals surface area contributed by atoms with Gasteiger partial charge in [0.15, 0.2) is 0 Å². The van der Waals surface area contributed by atoms with E-state index in [1.807, 2.05) is 17.0 Å². The summed E-state index contributed by atoms with van der Waals surface area (Å²) in [5, 5.41) is 22.6. The smallest absolute Gasteiger partial charge is 0.335 e. The summed E-state index contributed by atoms with van der Waals surface area (Å²) >= 11 is 0. The lowest BCUT2D eigenvalue weighted by atomic mass is 9.32. The molecule has 0 aromatic heterocycles. The lowest BCUT2D eigenvalue weighted by Gasteiger charge is -2.72. The number of hydrogen-bond donors (Lipinski definition) is 3. The Labute approximate surface area is 312 Å². The number of carboxylic acids is 2. The van der Waals surface area contributed by atoms with Gasteiger partial charge in [0.05, 0.1) is 18.0 Å². The molecule has 1 aromatic carbocycles. The van der Waals surface area contributed by atoms with Gasteiger partial charge in [-0.15, -0.1) is 0 Å². The van der Waals surface area contributed by atoms with Crippen molar-refractivity contribution < 1.29 is 24.6 Å². The van der Waals surface area contributed by atoms with E-state index < -0.39 is 11.9 Å². The maximum absolute atomic E-state index is 13.3. The minimum Gasteiger partial charge on any atom is -0.481 e. The van der Waals surface area contributed by atoms with E-state index in [0.29, 0.717) is 67.6 Å². The van der Waals surface area contributed by atoms with Crippen LogP contribution in [-0.4, -0.2) is 59.1 Å². The average Bonchev–Trinajstić information content (AvgIpc) is 3.48. The monoisotopic (exact) mass is 712 g/mol. The van der Waals surface area contributed by atoms with Crippen molar-refractivity contribution in [3.8, 4) is 0 Å². The van der Waals surface area contributed by atoms with Crippen molar-refractivity contribution in [2.24, 2.45) is 62.6 Å². The molecule has 52 heavy (non-hydrogen) atoms.